The summed E-state index contributed by atoms with van der Waals surface area (Å²) in [5, 5.41) is 7.53. The first kappa shape index (κ1) is 32.1. The molecule has 12 nitrogen and oxygen atoms in total. The van der Waals surface area contributed by atoms with Crippen molar-refractivity contribution in [2.75, 3.05) is 13.1 Å². The first-order chi connectivity index (χ1) is 21.3. The maximum Gasteiger partial charge on any atom is 0.408 e. The van der Waals surface area contributed by atoms with Gasteiger partial charge in [-0.3, -0.25) is 19.4 Å². The SMILES string of the molecule is NC(N)=NCCCC(NC(=O)[C@@H]1CCCN1C(=O)[C@@H](Cc1ccccc1)NC(=O)OCc1ccccc1)C(=O)c1nccs1. The Morgan fingerprint density at radius 2 is 1.70 bits per heavy atom. The Balaban J connectivity index is 1.46. The minimum absolute atomic E-state index is 0.0470. The van der Waals surface area contributed by atoms with E-state index in [0.717, 1.165) is 11.1 Å². The van der Waals surface area contributed by atoms with Crippen molar-refractivity contribution in [1.29, 1.82) is 0 Å². The van der Waals surface area contributed by atoms with Crippen molar-refractivity contribution in [3.63, 3.8) is 0 Å². The molecule has 2 heterocycles. The number of likely N-dealkylation sites (tertiary alicyclic amines) is 1. The number of hydrogen-bond acceptors (Lipinski definition) is 8. The van der Waals surface area contributed by atoms with Gasteiger partial charge in [-0.2, -0.15) is 0 Å². The summed E-state index contributed by atoms with van der Waals surface area (Å²) in [5.74, 6) is -1.23. The standard InChI is InChI=1S/C31H37N7O5S/c32-30(33)35-15-7-13-23(26(39)28-34-16-18-44-28)36-27(40)25-14-8-17-38(25)29(41)24(19-21-9-3-1-4-10-21)37-31(42)43-20-22-11-5-2-6-12-22/h1-6,9-12,16,18,23-25H,7-8,13-15,17,19-20H2,(H,36,40)(H,37,42)(H4,32,33,35)/t23?,24-,25+/m1/s1. The molecule has 3 atom stereocenters. The number of carbonyl (C=O) groups is 4. The fourth-order valence-electron chi connectivity index (χ4n) is 4.99. The highest BCUT2D eigenvalue weighted by Gasteiger charge is 2.39. The molecule has 1 fully saturated rings. The van der Waals surface area contributed by atoms with Crippen molar-refractivity contribution in [3.05, 3.63) is 88.4 Å². The van der Waals surface area contributed by atoms with Gasteiger partial charge in [0.2, 0.25) is 17.6 Å². The number of carbonyl (C=O) groups excluding carboxylic acids is 4. The molecule has 6 N–H and O–H groups in total. The van der Waals surface area contributed by atoms with E-state index in [-0.39, 0.29) is 36.2 Å². The molecule has 3 amide bonds. The summed E-state index contributed by atoms with van der Waals surface area (Å²) < 4.78 is 5.39. The van der Waals surface area contributed by atoms with Crippen LogP contribution in [0.15, 0.2) is 77.2 Å². The second kappa shape index (κ2) is 16.2. The molecule has 0 bridgehead atoms. The molecule has 13 heteroatoms. The van der Waals surface area contributed by atoms with E-state index in [2.05, 4.69) is 20.6 Å². The lowest BCUT2D eigenvalue weighted by Gasteiger charge is -2.29. The number of nitrogens with two attached hydrogens (primary N) is 2. The zero-order valence-electron chi connectivity index (χ0n) is 24.3. The van der Waals surface area contributed by atoms with Gasteiger partial charge in [-0.05, 0) is 36.8 Å². The van der Waals surface area contributed by atoms with E-state index in [1.54, 1.807) is 5.38 Å². The Kier molecular flexibility index (Phi) is 11.8. The second-order valence-electron chi connectivity index (χ2n) is 10.3. The highest BCUT2D eigenvalue weighted by atomic mass is 32.1. The number of ketones is 1. The van der Waals surface area contributed by atoms with E-state index in [0.29, 0.717) is 32.4 Å². The van der Waals surface area contributed by atoms with Gasteiger partial charge in [0.05, 0.1) is 6.04 Å². The van der Waals surface area contributed by atoms with Crippen molar-refractivity contribution in [1.82, 2.24) is 20.5 Å². The number of nitrogens with zero attached hydrogens (tertiary/aromatic N) is 3. The van der Waals surface area contributed by atoms with E-state index >= 15 is 0 Å². The summed E-state index contributed by atoms with van der Waals surface area (Å²) in [4.78, 5) is 63.0. The van der Waals surface area contributed by atoms with Crippen LogP contribution in [0, 0.1) is 0 Å². The number of alkyl carbamates (subject to hydrolysis) is 1. The number of guanidine groups is 1. The van der Waals surface area contributed by atoms with E-state index in [1.807, 2.05) is 60.7 Å². The van der Waals surface area contributed by atoms with Gasteiger partial charge in [0.25, 0.3) is 0 Å². The molecule has 1 saturated heterocycles. The van der Waals surface area contributed by atoms with Crippen LogP contribution in [0.3, 0.4) is 0 Å². The number of nitrogens with one attached hydrogen (secondary N) is 2. The van der Waals surface area contributed by atoms with Gasteiger partial charge >= 0.3 is 6.09 Å². The topological polar surface area (TPSA) is 182 Å². The lowest BCUT2D eigenvalue weighted by atomic mass is 10.0. The normalized spacial score (nSPS) is 15.5. The van der Waals surface area contributed by atoms with Crippen LogP contribution in [0.25, 0.3) is 0 Å². The zero-order chi connectivity index (χ0) is 31.3. The van der Waals surface area contributed by atoms with Crippen LogP contribution in [-0.4, -0.2) is 70.7 Å². The molecule has 4 rings (SSSR count). The lowest BCUT2D eigenvalue weighted by molar-refractivity contribution is -0.140. The van der Waals surface area contributed by atoms with Crippen molar-refractivity contribution in [3.8, 4) is 0 Å². The van der Waals surface area contributed by atoms with Crippen LogP contribution in [0.5, 0.6) is 0 Å². The minimum Gasteiger partial charge on any atom is -0.445 e. The summed E-state index contributed by atoms with van der Waals surface area (Å²) in [6.07, 6.45) is 2.74. The molecule has 1 aromatic heterocycles. The Morgan fingerprint density at radius 3 is 2.36 bits per heavy atom. The number of Topliss-reactive ketones (excluding diaryl/α,β-unsaturated/α-hetero) is 1. The first-order valence-electron chi connectivity index (χ1n) is 14.4. The Labute approximate surface area is 259 Å². The summed E-state index contributed by atoms with van der Waals surface area (Å²) in [6.45, 7) is 0.672. The van der Waals surface area contributed by atoms with Gasteiger partial charge in [0, 0.05) is 31.1 Å². The van der Waals surface area contributed by atoms with Crippen molar-refractivity contribution >= 4 is 41.0 Å². The number of hydrogen-bond donors (Lipinski definition) is 4. The number of thiazole rings is 1. The molecule has 1 aliphatic rings. The second-order valence-corrected chi connectivity index (χ2v) is 11.2. The zero-order valence-corrected chi connectivity index (χ0v) is 25.1. The molecule has 0 aliphatic carbocycles. The third-order valence-corrected chi connectivity index (χ3v) is 7.93. The number of ether oxygens (including phenoxy) is 1. The average molecular weight is 620 g/mol. The number of benzene rings is 2. The fraction of sp³-hybridized carbons (Fsp3) is 0.355. The number of amides is 3. The van der Waals surface area contributed by atoms with Crippen LogP contribution in [-0.2, 0) is 27.4 Å². The van der Waals surface area contributed by atoms with Gasteiger partial charge in [0.15, 0.2) is 11.0 Å². The molecule has 3 aromatic rings. The highest BCUT2D eigenvalue weighted by molar-refractivity contribution is 7.11. The minimum atomic E-state index is -0.971. The van der Waals surface area contributed by atoms with Crippen LogP contribution in [0.1, 0.15) is 46.6 Å². The first-order valence-corrected chi connectivity index (χ1v) is 15.3. The van der Waals surface area contributed by atoms with E-state index in [9.17, 15) is 19.2 Å². The number of aliphatic imine (C=N–C) groups is 1. The highest BCUT2D eigenvalue weighted by Crippen LogP contribution is 2.21. The van der Waals surface area contributed by atoms with Crippen LogP contribution in [0.4, 0.5) is 4.79 Å². The fourth-order valence-corrected chi connectivity index (χ4v) is 5.63. The molecular formula is C31H37N7O5S. The molecule has 0 saturated carbocycles. The summed E-state index contributed by atoms with van der Waals surface area (Å²) in [6, 6.07) is 15.9. The molecule has 232 valence electrons. The van der Waals surface area contributed by atoms with Gasteiger partial charge in [-0.15, -0.1) is 11.3 Å². The molecule has 44 heavy (non-hydrogen) atoms. The van der Waals surface area contributed by atoms with Crippen LogP contribution >= 0.6 is 11.3 Å². The lowest BCUT2D eigenvalue weighted by Crippen LogP contribution is -2.55. The maximum atomic E-state index is 13.9. The summed E-state index contributed by atoms with van der Waals surface area (Å²) in [7, 11) is 0. The summed E-state index contributed by atoms with van der Waals surface area (Å²) in [5.41, 5.74) is 12.5. The molecule has 1 aliphatic heterocycles. The Morgan fingerprint density at radius 1 is 1.00 bits per heavy atom. The Hall–Kier alpha value is -4.78. The van der Waals surface area contributed by atoms with Crippen LogP contribution < -0.4 is 22.1 Å². The molecule has 2 aromatic carbocycles. The molecule has 0 radical (unpaired) electrons. The van der Waals surface area contributed by atoms with E-state index in [4.69, 9.17) is 16.2 Å². The largest absolute Gasteiger partial charge is 0.445 e. The smallest absolute Gasteiger partial charge is 0.408 e. The van der Waals surface area contributed by atoms with Gasteiger partial charge in [-0.25, -0.2) is 9.78 Å². The third kappa shape index (κ3) is 9.36. The van der Waals surface area contributed by atoms with Crippen LogP contribution in [0.2, 0.25) is 0 Å². The predicted octanol–water partition coefficient (Wildman–Crippen LogP) is 2.39. The predicted molar refractivity (Wildman–Crippen MR) is 167 cm³/mol. The number of aromatic nitrogens is 1. The average Bonchev–Trinajstić information content (AvgIpc) is 3.75. The van der Waals surface area contributed by atoms with E-state index in [1.165, 1.54) is 22.4 Å². The van der Waals surface area contributed by atoms with E-state index < -0.39 is 36.0 Å². The molecule has 0 spiro atoms. The summed E-state index contributed by atoms with van der Waals surface area (Å²) >= 11 is 1.19. The number of rotatable bonds is 14. The third-order valence-electron chi connectivity index (χ3n) is 7.15. The van der Waals surface area contributed by atoms with Crippen molar-refractivity contribution < 1.29 is 23.9 Å². The molecule has 1 unspecified atom stereocenters. The molecular weight excluding hydrogens is 582 g/mol. The quantitative estimate of drug-likeness (QED) is 0.0918. The van der Waals surface area contributed by atoms with Gasteiger partial charge in [-0.1, -0.05) is 60.7 Å². The van der Waals surface area contributed by atoms with Crippen molar-refractivity contribution in [2.45, 2.75) is 56.8 Å². The van der Waals surface area contributed by atoms with Gasteiger partial charge < -0.3 is 31.7 Å². The monoisotopic (exact) mass is 619 g/mol. The Bertz CT molecular complexity index is 1420. The van der Waals surface area contributed by atoms with Gasteiger partial charge in [0.1, 0.15) is 18.7 Å². The maximum absolute atomic E-state index is 13.9. The van der Waals surface area contributed by atoms with Crippen molar-refractivity contribution in [2.24, 2.45) is 16.5 Å².